The molecule has 142 valence electrons. The minimum Gasteiger partial charge on any atom is -0.496 e. The number of ether oxygens (including phenoxy) is 1. The van der Waals surface area contributed by atoms with Gasteiger partial charge < -0.3 is 19.5 Å². The Morgan fingerprint density at radius 3 is 2.69 bits per heavy atom. The monoisotopic (exact) mass is 358 g/mol. The van der Waals surface area contributed by atoms with E-state index in [1.807, 2.05) is 31.3 Å². The molecule has 0 fully saturated rings. The van der Waals surface area contributed by atoms with Gasteiger partial charge in [0.25, 0.3) is 0 Å². The molecule has 0 bridgehead atoms. The van der Waals surface area contributed by atoms with Crippen molar-refractivity contribution < 1.29 is 9.26 Å². The topological polar surface area (TPSA) is 62.9 Å². The summed E-state index contributed by atoms with van der Waals surface area (Å²) in [5.74, 6) is 2.94. The molecular formula is C20H30N4O2. The van der Waals surface area contributed by atoms with Gasteiger partial charge in [-0.3, -0.25) is 4.99 Å². The fraction of sp³-hybridized carbons (Fsp3) is 0.500. The number of hydrogen-bond donors (Lipinski definition) is 1. The first-order chi connectivity index (χ1) is 12.6. The molecule has 6 heteroatoms. The number of aromatic nitrogens is 1. The lowest BCUT2D eigenvalue weighted by atomic mass is 9.99. The van der Waals surface area contributed by atoms with Crippen molar-refractivity contribution in [1.29, 1.82) is 0 Å². The maximum atomic E-state index is 5.47. The summed E-state index contributed by atoms with van der Waals surface area (Å²) in [6.07, 6.45) is 2.14. The van der Waals surface area contributed by atoms with E-state index < -0.39 is 0 Å². The minimum atomic E-state index is 0.458. The quantitative estimate of drug-likeness (QED) is 0.574. The second-order valence-electron chi connectivity index (χ2n) is 6.30. The second kappa shape index (κ2) is 9.85. The highest BCUT2D eigenvalue weighted by atomic mass is 16.5. The molecule has 1 aromatic heterocycles. The Balaban J connectivity index is 1.97. The molecule has 0 aliphatic carbocycles. The lowest BCUT2D eigenvalue weighted by molar-refractivity contribution is 0.364. The fourth-order valence-electron chi connectivity index (χ4n) is 3.03. The molecule has 1 N–H and O–H groups in total. The number of aliphatic imine (C=N–C) groups is 1. The molecule has 0 saturated carbocycles. The van der Waals surface area contributed by atoms with E-state index in [-0.39, 0.29) is 0 Å². The van der Waals surface area contributed by atoms with E-state index in [1.54, 1.807) is 14.2 Å². The van der Waals surface area contributed by atoms with Crippen LogP contribution in [0.3, 0.4) is 0 Å². The summed E-state index contributed by atoms with van der Waals surface area (Å²) in [5.41, 5.74) is 2.14. The number of hydrogen-bond acceptors (Lipinski definition) is 4. The minimum absolute atomic E-state index is 0.458. The molecule has 0 amide bonds. The summed E-state index contributed by atoms with van der Waals surface area (Å²) in [7, 11) is 5.46. The van der Waals surface area contributed by atoms with Crippen LogP contribution in [0.5, 0.6) is 5.75 Å². The predicted octanol–water partition coefficient (Wildman–Crippen LogP) is 3.79. The van der Waals surface area contributed by atoms with Crippen LogP contribution in [-0.4, -0.2) is 37.2 Å². The van der Waals surface area contributed by atoms with Crippen LogP contribution in [0.25, 0.3) is 0 Å². The zero-order chi connectivity index (χ0) is 18.9. The van der Waals surface area contributed by atoms with Crippen molar-refractivity contribution in [2.75, 3.05) is 21.2 Å². The zero-order valence-corrected chi connectivity index (χ0v) is 16.5. The molecule has 26 heavy (non-hydrogen) atoms. The van der Waals surface area contributed by atoms with E-state index in [4.69, 9.17) is 9.26 Å². The van der Waals surface area contributed by atoms with Crippen LogP contribution < -0.4 is 10.1 Å². The van der Waals surface area contributed by atoms with E-state index in [1.165, 1.54) is 0 Å². The standard InChI is InChI=1S/C20H30N4O2/c1-6-15(7-2)18-12-17(26-23-18)13-22-20(21-3)24(4)14-16-10-8-9-11-19(16)25-5/h8-12,15H,6-7,13-14H2,1-5H3,(H,21,22). The van der Waals surface area contributed by atoms with E-state index in [0.717, 1.165) is 41.6 Å². The van der Waals surface area contributed by atoms with Crippen LogP contribution in [-0.2, 0) is 13.1 Å². The maximum Gasteiger partial charge on any atom is 0.194 e. The van der Waals surface area contributed by atoms with Gasteiger partial charge in [0.05, 0.1) is 19.3 Å². The zero-order valence-electron chi connectivity index (χ0n) is 16.5. The van der Waals surface area contributed by atoms with E-state index in [0.29, 0.717) is 19.0 Å². The highest BCUT2D eigenvalue weighted by molar-refractivity contribution is 5.79. The Kier molecular flexibility index (Phi) is 7.51. The summed E-state index contributed by atoms with van der Waals surface area (Å²) in [6.45, 7) is 5.60. The molecule has 0 spiro atoms. The van der Waals surface area contributed by atoms with Crippen LogP contribution in [0.1, 0.15) is 49.6 Å². The smallest absolute Gasteiger partial charge is 0.194 e. The number of guanidine groups is 1. The van der Waals surface area contributed by atoms with Gasteiger partial charge in [0.2, 0.25) is 0 Å². The molecular weight excluding hydrogens is 328 g/mol. The Bertz CT molecular complexity index is 707. The maximum absolute atomic E-state index is 5.47. The summed E-state index contributed by atoms with van der Waals surface area (Å²) < 4.78 is 10.9. The third-order valence-corrected chi connectivity index (χ3v) is 4.58. The molecule has 1 heterocycles. The normalized spacial score (nSPS) is 11.7. The van der Waals surface area contributed by atoms with Crippen molar-refractivity contribution in [3.8, 4) is 5.75 Å². The molecule has 0 radical (unpaired) electrons. The Hall–Kier alpha value is -2.50. The van der Waals surface area contributed by atoms with E-state index in [9.17, 15) is 0 Å². The molecule has 2 rings (SSSR count). The number of nitrogens with one attached hydrogen (secondary N) is 1. The Labute approximate surface area is 156 Å². The van der Waals surface area contributed by atoms with Crippen molar-refractivity contribution in [1.82, 2.24) is 15.4 Å². The number of nitrogens with zero attached hydrogens (tertiary/aromatic N) is 3. The van der Waals surface area contributed by atoms with E-state index in [2.05, 4.69) is 40.3 Å². The van der Waals surface area contributed by atoms with Crippen molar-refractivity contribution in [2.24, 2.45) is 4.99 Å². The first-order valence-electron chi connectivity index (χ1n) is 9.12. The third-order valence-electron chi connectivity index (χ3n) is 4.58. The predicted molar refractivity (Wildman–Crippen MR) is 104 cm³/mol. The molecule has 0 atom stereocenters. The van der Waals surface area contributed by atoms with Gasteiger partial charge in [0, 0.05) is 38.2 Å². The van der Waals surface area contributed by atoms with Gasteiger partial charge in [-0.15, -0.1) is 0 Å². The van der Waals surface area contributed by atoms with Crippen molar-refractivity contribution >= 4 is 5.96 Å². The van der Waals surface area contributed by atoms with Crippen LogP contribution in [0.2, 0.25) is 0 Å². The first-order valence-corrected chi connectivity index (χ1v) is 9.12. The van der Waals surface area contributed by atoms with Crippen molar-refractivity contribution in [3.05, 3.63) is 47.3 Å². The second-order valence-corrected chi connectivity index (χ2v) is 6.30. The molecule has 1 aromatic carbocycles. The van der Waals surface area contributed by atoms with Gasteiger partial charge >= 0.3 is 0 Å². The lowest BCUT2D eigenvalue weighted by Crippen LogP contribution is -2.38. The number of rotatable bonds is 8. The summed E-state index contributed by atoms with van der Waals surface area (Å²) >= 11 is 0. The van der Waals surface area contributed by atoms with Gasteiger partial charge in [0.1, 0.15) is 5.75 Å². The number of methoxy groups -OCH3 is 1. The average molecular weight is 358 g/mol. The van der Waals surface area contributed by atoms with Crippen LogP contribution in [0.4, 0.5) is 0 Å². The van der Waals surface area contributed by atoms with Crippen LogP contribution in [0.15, 0.2) is 39.8 Å². The molecule has 0 aliphatic rings. The third kappa shape index (κ3) is 5.00. The van der Waals surface area contributed by atoms with Crippen molar-refractivity contribution in [2.45, 2.75) is 45.7 Å². The Morgan fingerprint density at radius 2 is 2.04 bits per heavy atom. The average Bonchev–Trinajstić information content (AvgIpc) is 3.12. The molecule has 0 saturated heterocycles. The molecule has 6 nitrogen and oxygen atoms in total. The fourth-order valence-corrected chi connectivity index (χ4v) is 3.03. The SMILES string of the molecule is CCC(CC)c1cc(CNC(=NC)N(C)Cc2ccccc2OC)on1. The summed E-state index contributed by atoms with van der Waals surface area (Å²) in [6, 6.07) is 10.0. The highest BCUT2D eigenvalue weighted by Gasteiger charge is 2.14. The number of para-hydroxylation sites is 1. The Morgan fingerprint density at radius 1 is 1.31 bits per heavy atom. The van der Waals surface area contributed by atoms with E-state index >= 15 is 0 Å². The van der Waals surface area contributed by atoms with Gasteiger partial charge in [0.15, 0.2) is 11.7 Å². The van der Waals surface area contributed by atoms with Gasteiger partial charge in [-0.2, -0.15) is 0 Å². The summed E-state index contributed by atoms with van der Waals surface area (Å²) in [4.78, 5) is 6.41. The van der Waals surface area contributed by atoms with Gasteiger partial charge in [-0.25, -0.2) is 0 Å². The molecule has 2 aromatic rings. The van der Waals surface area contributed by atoms with Crippen LogP contribution in [0, 0.1) is 0 Å². The highest BCUT2D eigenvalue weighted by Crippen LogP contribution is 2.22. The van der Waals surface area contributed by atoms with Gasteiger partial charge in [-0.1, -0.05) is 37.2 Å². The largest absolute Gasteiger partial charge is 0.496 e. The lowest BCUT2D eigenvalue weighted by Gasteiger charge is -2.22. The van der Waals surface area contributed by atoms with Crippen LogP contribution >= 0.6 is 0 Å². The molecule has 0 aliphatic heterocycles. The number of benzene rings is 1. The van der Waals surface area contributed by atoms with Crippen molar-refractivity contribution in [3.63, 3.8) is 0 Å². The molecule has 0 unspecified atom stereocenters. The van der Waals surface area contributed by atoms with Gasteiger partial charge in [-0.05, 0) is 18.9 Å². The first kappa shape index (κ1) is 19.8. The summed E-state index contributed by atoms with van der Waals surface area (Å²) in [5, 5.41) is 7.55.